The molecule has 0 saturated heterocycles. The summed E-state index contributed by atoms with van der Waals surface area (Å²) in [6.07, 6.45) is 0.382. The van der Waals surface area contributed by atoms with E-state index < -0.39 is 0 Å². The van der Waals surface area contributed by atoms with Gasteiger partial charge in [-0.15, -0.1) is 0 Å². The number of rotatable bonds is 6. The summed E-state index contributed by atoms with van der Waals surface area (Å²) in [7, 11) is 3.31. The van der Waals surface area contributed by atoms with Crippen molar-refractivity contribution in [1.29, 1.82) is 0 Å². The normalized spacial score (nSPS) is 10.2. The van der Waals surface area contributed by atoms with E-state index in [4.69, 9.17) is 11.6 Å². The summed E-state index contributed by atoms with van der Waals surface area (Å²) in [5.74, 6) is -0.296. The molecular formula is C14H20ClN3O2. The number of amides is 2. The van der Waals surface area contributed by atoms with E-state index in [1.165, 1.54) is 4.90 Å². The van der Waals surface area contributed by atoms with Crippen LogP contribution in [-0.4, -0.2) is 43.9 Å². The van der Waals surface area contributed by atoms with Crippen molar-refractivity contribution in [3.8, 4) is 0 Å². The van der Waals surface area contributed by atoms with E-state index in [9.17, 15) is 9.59 Å². The number of carbonyl (C=O) groups is 2. The third-order valence-corrected chi connectivity index (χ3v) is 3.00. The third-order valence-electron chi connectivity index (χ3n) is 2.67. The summed E-state index contributed by atoms with van der Waals surface area (Å²) in [5, 5.41) is 6.20. The van der Waals surface area contributed by atoms with Crippen LogP contribution in [0, 0.1) is 0 Å². The van der Waals surface area contributed by atoms with Crippen LogP contribution in [0.25, 0.3) is 0 Å². The molecule has 5 nitrogen and oxygen atoms in total. The van der Waals surface area contributed by atoms with Crippen LogP contribution < -0.4 is 10.6 Å². The minimum Gasteiger partial charge on any atom is -0.345 e. The van der Waals surface area contributed by atoms with Crippen LogP contribution >= 0.6 is 11.6 Å². The Morgan fingerprint density at radius 3 is 2.60 bits per heavy atom. The molecule has 1 aromatic rings. The van der Waals surface area contributed by atoms with Crippen LogP contribution in [0.2, 0.25) is 5.02 Å². The summed E-state index contributed by atoms with van der Waals surface area (Å²) in [6, 6.07) is 4.88. The van der Waals surface area contributed by atoms with Gasteiger partial charge in [-0.3, -0.25) is 9.59 Å². The van der Waals surface area contributed by atoms with Crippen LogP contribution in [0.3, 0.4) is 0 Å². The SMILES string of the molecule is CCNCCC(=O)Nc1ccc(Cl)c(C(=O)N(C)C)c1. The molecule has 0 radical (unpaired) electrons. The van der Waals surface area contributed by atoms with E-state index >= 15 is 0 Å². The molecule has 0 aliphatic rings. The molecule has 0 unspecified atom stereocenters. The Hall–Kier alpha value is -1.59. The lowest BCUT2D eigenvalue weighted by Crippen LogP contribution is -2.23. The Morgan fingerprint density at radius 1 is 1.30 bits per heavy atom. The topological polar surface area (TPSA) is 61.4 Å². The number of hydrogen-bond acceptors (Lipinski definition) is 3. The standard InChI is InChI=1S/C14H20ClN3O2/c1-4-16-8-7-13(19)17-10-5-6-12(15)11(9-10)14(20)18(2)3/h5-6,9,16H,4,7-8H2,1-3H3,(H,17,19). The van der Waals surface area contributed by atoms with Crippen LogP contribution in [0.1, 0.15) is 23.7 Å². The van der Waals surface area contributed by atoms with E-state index in [2.05, 4.69) is 10.6 Å². The summed E-state index contributed by atoms with van der Waals surface area (Å²) in [6.45, 7) is 3.44. The number of carbonyl (C=O) groups excluding carboxylic acids is 2. The van der Waals surface area contributed by atoms with Crippen molar-refractivity contribution in [1.82, 2.24) is 10.2 Å². The molecule has 1 aromatic carbocycles. The molecule has 2 amide bonds. The number of nitrogens with one attached hydrogen (secondary N) is 2. The van der Waals surface area contributed by atoms with Crippen molar-refractivity contribution >= 4 is 29.1 Å². The van der Waals surface area contributed by atoms with Gasteiger partial charge in [0.05, 0.1) is 10.6 Å². The summed E-state index contributed by atoms with van der Waals surface area (Å²) >= 11 is 6.00. The first-order valence-corrected chi connectivity index (χ1v) is 6.85. The maximum Gasteiger partial charge on any atom is 0.254 e. The molecule has 0 atom stereocenters. The highest BCUT2D eigenvalue weighted by atomic mass is 35.5. The van der Waals surface area contributed by atoms with Crippen molar-refractivity contribution in [2.24, 2.45) is 0 Å². The van der Waals surface area contributed by atoms with Gasteiger partial charge >= 0.3 is 0 Å². The lowest BCUT2D eigenvalue weighted by Gasteiger charge is -2.13. The van der Waals surface area contributed by atoms with Crippen molar-refractivity contribution in [3.63, 3.8) is 0 Å². The number of anilines is 1. The van der Waals surface area contributed by atoms with Gasteiger partial charge in [0, 0.05) is 32.7 Å². The molecule has 110 valence electrons. The Morgan fingerprint density at radius 2 is 2.00 bits per heavy atom. The second kappa shape index (κ2) is 7.87. The Kier molecular flexibility index (Phi) is 6.48. The van der Waals surface area contributed by atoms with E-state index in [1.807, 2.05) is 6.92 Å². The molecule has 1 rings (SSSR count). The zero-order valence-electron chi connectivity index (χ0n) is 12.0. The van der Waals surface area contributed by atoms with Gasteiger partial charge in [0.25, 0.3) is 5.91 Å². The lowest BCUT2D eigenvalue weighted by molar-refractivity contribution is -0.116. The Bertz CT molecular complexity index is 489. The first kappa shape index (κ1) is 16.5. The summed E-state index contributed by atoms with van der Waals surface area (Å²) in [4.78, 5) is 25.1. The van der Waals surface area contributed by atoms with E-state index in [-0.39, 0.29) is 11.8 Å². The average Bonchev–Trinajstić information content (AvgIpc) is 2.40. The molecule has 6 heteroatoms. The van der Waals surface area contributed by atoms with E-state index in [1.54, 1.807) is 32.3 Å². The second-order valence-electron chi connectivity index (χ2n) is 4.55. The van der Waals surface area contributed by atoms with Gasteiger partial charge in [-0.1, -0.05) is 18.5 Å². The monoisotopic (exact) mass is 297 g/mol. The molecule has 0 aliphatic carbocycles. The summed E-state index contributed by atoms with van der Waals surface area (Å²) in [5.41, 5.74) is 0.947. The van der Waals surface area contributed by atoms with Crippen LogP contribution in [-0.2, 0) is 4.79 Å². The number of hydrogen-bond donors (Lipinski definition) is 2. The molecule has 20 heavy (non-hydrogen) atoms. The minimum atomic E-state index is -0.196. The summed E-state index contributed by atoms with van der Waals surface area (Å²) < 4.78 is 0. The highest BCUT2D eigenvalue weighted by molar-refractivity contribution is 6.34. The quantitative estimate of drug-likeness (QED) is 0.789. The van der Waals surface area contributed by atoms with Gasteiger partial charge in [0.2, 0.25) is 5.91 Å². The highest BCUT2D eigenvalue weighted by Crippen LogP contribution is 2.21. The zero-order valence-corrected chi connectivity index (χ0v) is 12.8. The van der Waals surface area contributed by atoms with Crippen LogP contribution in [0.4, 0.5) is 5.69 Å². The fraction of sp³-hybridized carbons (Fsp3) is 0.429. The molecule has 0 saturated carbocycles. The van der Waals surface area contributed by atoms with Gasteiger partial charge < -0.3 is 15.5 Å². The molecule has 0 spiro atoms. The number of halogens is 1. The molecule has 0 aromatic heterocycles. The molecule has 0 aliphatic heterocycles. The van der Waals surface area contributed by atoms with Crippen molar-refractivity contribution < 1.29 is 9.59 Å². The van der Waals surface area contributed by atoms with Gasteiger partial charge in [-0.25, -0.2) is 0 Å². The molecule has 0 heterocycles. The number of nitrogens with zero attached hydrogens (tertiary/aromatic N) is 1. The predicted molar refractivity (Wildman–Crippen MR) is 81.3 cm³/mol. The maximum absolute atomic E-state index is 11.9. The molecule has 0 fully saturated rings. The largest absolute Gasteiger partial charge is 0.345 e. The minimum absolute atomic E-state index is 0.100. The smallest absolute Gasteiger partial charge is 0.254 e. The fourth-order valence-corrected chi connectivity index (χ4v) is 1.81. The zero-order chi connectivity index (χ0) is 15.1. The maximum atomic E-state index is 11.9. The van der Waals surface area contributed by atoms with E-state index in [0.29, 0.717) is 29.2 Å². The lowest BCUT2D eigenvalue weighted by atomic mass is 10.1. The van der Waals surface area contributed by atoms with Gasteiger partial charge in [-0.05, 0) is 24.7 Å². The van der Waals surface area contributed by atoms with E-state index in [0.717, 1.165) is 6.54 Å². The molecule has 0 bridgehead atoms. The van der Waals surface area contributed by atoms with Crippen molar-refractivity contribution in [3.05, 3.63) is 28.8 Å². The van der Waals surface area contributed by atoms with Crippen molar-refractivity contribution in [2.45, 2.75) is 13.3 Å². The predicted octanol–water partition coefficient (Wildman–Crippen LogP) is 1.98. The second-order valence-corrected chi connectivity index (χ2v) is 4.95. The molecular weight excluding hydrogens is 278 g/mol. The third kappa shape index (κ3) is 4.83. The Balaban J connectivity index is 2.75. The Labute approximate surface area is 124 Å². The fourth-order valence-electron chi connectivity index (χ4n) is 1.61. The first-order chi connectivity index (χ1) is 9.45. The average molecular weight is 298 g/mol. The van der Waals surface area contributed by atoms with Crippen molar-refractivity contribution in [2.75, 3.05) is 32.5 Å². The molecule has 2 N–H and O–H groups in total. The van der Waals surface area contributed by atoms with Gasteiger partial charge in [-0.2, -0.15) is 0 Å². The number of benzene rings is 1. The van der Waals surface area contributed by atoms with Crippen LogP contribution in [0.15, 0.2) is 18.2 Å². The first-order valence-electron chi connectivity index (χ1n) is 6.47. The van der Waals surface area contributed by atoms with Gasteiger partial charge in [0.1, 0.15) is 0 Å². The van der Waals surface area contributed by atoms with Crippen LogP contribution in [0.5, 0.6) is 0 Å². The van der Waals surface area contributed by atoms with Gasteiger partial charge in [0.15, 0.2) is 0 Å². The highest BCUT2D eigenvalue weighted by Gasteiger charge is 2.13.